The Labute approximate surface area is 175 Å². The Bertz CT molecular complexity index is 1020. The number of amides is 1. The topological polar surface area (TPSA) is 122 Å². The van der Waals surface area contributed by atoms with Gasteiger partial charge in [-0.15, -0.1) is 0 Å². The van der Waals surface area contributed by atoms with Crippen LogP contribution in [0.25, 0.3) is 0 Å². The average molecular weight is 433 g/mol. The molecule has 1 heterocycles. The summed E-state index contributed by atoms with van der Waals surface area (Å²) in [6.45, 7) is 2.62. The third-order valence-corrected chi connectivity index (χ3v) is 5.75. The van der Waals surface area contributed by atoms with Crippen molar-refractivity contribution in [1.82, 2.24) is 4.90 Å². The molecule has 1 aliphatic heterocycles. The first-order chi connectivity index (χ1) is 14.3. The number of primary sulfonamides is 1. The zero-order valence-corrected chi connectivity index (χ0v) is 17.4. The average Bonchev–Trinajstić information content (AvgIpc) is 2.73. The summed E-state index contributed by atoms with van der Waals surface area (Å²) in [5.41, 5.74) is 1.46. The van der Waals surface area contributed by atoms with Crippen LogP contribution in [-0.2, 0) is 19.6 Å². The molecule has 0 aromatic heterocycles. The van der Waals surface area contributed by atoms with E-state index in [0.717, 1.165) is 5.69 Å². The highest BCUT2D eigenvalue weighted by Gasteiger charge is 2.24. The number of methoxy groups -OCH3 is 1. The number of hydrogen-bond donors (Lipinski definition) is 2. The Morgan fingerprint density at radius 1 is 1.07 bits per heavy atom. The maximum Gasteiger partial charge on any atom is 0.340 e. The van der Waals surface area contributed by atoms with E-state index in [1.807, 2.05) is 40.1 Å². The van der Waals surface area contributed by atoms with Gasteiger partial charge in [-0.3, -0.25) is 9.69 Å². The summed E-state index contributed by atoms with van der Waals surface area (Å²) >= 11 is 0. The third kappa shape index (κ3) is 5.35. The van der Waals surface area contributed by atoms with Crippen LogP contribution in [0.2, 0.25) is 0 Å². The molecule has 0 saturated carbocycles. The van der Waals surface area contributed by atoms with E-state index in [0.29, 0.717) is 31.9 Å². The minimum Gasteiger partial charge on any atom is -0.465 e. The first-order valence-electron chi connectivity index (χ1n) is 9.35. The van der Waals surface area contributed by atoms with Gasteiger partial charge < -0.3 is 15.0 Å². The van der Waals surface area contributed by atoms with Gasteiger partial charge in [0.1, 0.15) is 0 Å². The smallest absolute Gasteiger partial charge is 0.340 e. The molecule has 0 spiro atoms. The predicted molar refractivity (Wildman–Crippen MR) is 113 cm³/mol. The van der Waals surface area contributed by atoms with Crippen LogP contribution in [0.3, 0.4) is 0 Å². The second-order valence-electron chi connectivity index (χ2n) is 6.89. The van der Waals surface area contributed by atoms with Crippen molar-refractivity contribution in [2.24, 2.45) is 5.14 Å². The number of nitrogens with one attached hydrogen (secondary N) is 1. The van der Waals surface area contributed by atoms with Crippen molar-refractivity contribution in [2.75, 3.05) is 50.1 Å². The second kappa shape index (κ2) is 9.24. The summed E-state index contributed by atoms with van der Waals surface area (Å²) in [6.07, 6.45) is 0. The Morgan fingerprint density at radius 2 is 1.73 bits per heavy atom. The van der Waals surface area contributed by atoms with Crippen molar-refractivity contribution in [1.29, 1.82) is 0 Å². The van der Waals surface area contributed by atoms with Gasteiger partial charge in [0.25, 0.3) is 0 Å². The molecule has 3 rings (SSSR count). The van der Waals surface area contributed by atoms with Crippen molar-refractivity contribution in [3.8, 4) is 0 Å². The number of sulfonamides is 1. The molecule has 0 bridgehead atoms. The van der Waals surface area contributed by atoms with Gasteiger partial charge in [-0.1, -0.05) is 18.2 Å². The van der Waals surface area contributed by atoms with Gasteiger partial charge in [0.2, 0.25) is 15.9 Å². The first-order valence-corrected chi connectivity index (χ1v) is 10.9. The molecular formula is C20H24N4O5S. The van der Waals surface area contributed by atoms with Gasteiger partial charge in [0.15, 0.2) is 0 Å². The van der Waals surface area contributed by atoms with Crippen molar-refractivity contribution >= 4 is 33.3 Å². The lowest BCUT2D eigenvalue weighted by atomic mass is 10.1. The number of carbonyl (C=O) groups is 2. The Balaban J connectivity index is 1.65. The summed E-state index contributed by atoms with van der Waals surface area (Å²) in [5, 5.41) is 8.04. The van der Waals surface area contributed by atoms with E-state index >= 15 is 0 Å². The number of benzene rings is 2. The lowest BCUT2D eigenvalue weighted by Gasteiger charge is -2.36. The van der Waals surface area contributed by atoms with Crippen LogP contribution >= 0.6 is 0 Å². The monoisotopic (exact) mass is 432 g/mol. The zero-order chi connectivity index (χ0) is 21.7. The standard InChI is InChI=1S/C20H24N4O5S/c1-29-20(26)17-13-16(30(21,27)28)7-8-18(17)24-11-9-23(10-12-24)14-19(25)22-15-5-3-2-4-6-15/h2-8,13H,9-12,14H2,1H3,(H,22,25)(H2,21,27,28). The summed E-state index contributed by atoms with van der Waals surface area (Å²) in [5.74, 6) is -0.734. The van der Waals surface area contributed by atoms with E-state index in [9.17, 15) is 18.0 Å². The predicted octanol–water partition coefficient (Wildman–Crippen LogP) is 0.881. The number of rotatable bonds is 6. The van der Waals surface area contributed by atoms with Crippen LogP contribution in [-0.4, -0.2) is 65.0 Å². The minimum absolute atomic E-state index is 0.0950. The fraction of sp³-hybridized carbons (Fsp3) is 0.300. The number of hydrogen-bond acceptors (Lipinski definition) is 7. The van der Waals surface area contributed by atoms with E-state index in [1.54, 1.807) is 6.07 Å². The fourth-order valence-corrected chi connectivity index (χ4v) is 3.85. The molecule has 30 heavy (non-hydrogen) atoms. The highest BCUT2D eigenvalue weighted by Crippen LogP contribution is 2.26. The summed E-state index contributed by atoms with van der Waals surface area (Å²) < 4.78 is 28.1. The molecule has 1 fully saturated rings. The van der Waals surface area contributed by atoms with Crippen LogP contribution in [0.1, 0.15) is 10.4 Å². The number of piperazine rings is 1. The number of nitrogens with zero attached hydrogens (tertiary/aromatic N) is 2. The molecule has 1 aliphatic rings. The summed E-state index contributed by atoms with van der Waals surface area (Å²) in [7, 11) is -2.71. The number of para-hydroxylation sites is 1. The highest BCUT2D eigenvalue weighted by atomic mass is 32.2. The SMILES string of the molecule is COC(=O)c1cc(S(N)(=O)=O)ccc1N1CCN(CC(=O)Nc2ccccc2)CC1. The normalized spacial score (nSPS) is 14.9. The van der Waals surface area contributed by atoms with Crippen LogP contribution in [0.5, 0.6) is 0 Å². The van der Waals surface area contributed by atoms with Crippen molar-refractivity contribution < 1.29 is 22.7 Å². The first kappa shape index (κ1) is 21.8. The van der Waals surface area contributed by atoms with Gasteiger partial charge in [-0.05, 0) is 30.3 Å². The highest BCUT2D eigenvalue weighted by molar-refractivity contribution is 7.89. The molecule has 0 atom stereocenters. The van der Waals surface area contributed by atoms with Gasteiger partial charge >= 0.3 is 5.97 Å². The number of ether oxygens (including phenoxy) is 1. The zero-order valence-electron chi connectivity index (χ0n) is 16.6. The maximum atomic E-state index is 12.2. The number of esters is 1. The van der Waals surface area contributed by atoms with Crippen molar-refractivity contribution in [3.63, 3.8) is 0 Å². The van der Waals surface area contributed by atoms with Crippen molar-refractivity contribution in [3.05, 3.63) is 54.1 Å². The van der Waals surface area contributed by atoms with E-state index in [2.05, 4.69) is 5.32 Å². The molecule has 0 radical (unpaired) electrons. The van der Waals surface area contributed by atoms with Crippen LogP contribution in [0.4, 0.5) is 11.4 Å². The maximum absolute atomic E-state index is 12.2. The third-order valence-electron chi connectivity index (χ3n) is 4.84. The van der Waals surface area contributed by atoms with Gasteiger partial charge in [-0.2, -0.15) is 0 Å². The molecule has 9 nitrogen and oxygen atoms in total. The lowest BCUT2D eigenvalue weighted by Crippen LogP contribution is -2.49. The minimum atomic E-state index is -3.94. The number of nitrogens with two attached hydrogens (primary N) is 1. The summed E-state index contributed by atoms with van der Waals surface area (Å²) in [4.78, 5) is 28.3. The molecule has 0 unspecified atom stereocenters. The Morgan fingerprint density at radius 3 is 2.33 bits per heavy atom. The van der Waals surface area contributed by atoms with Crippen molar-refractivity contribution in [2.45, 2.75) is 4.90 Å². The van der Waals surface area contributed by atoms with Crippen LogP contribution in [0.15, 0.2) is 53.4 Å². The molecule has 1 saturated heterocycles. The van der Waals surface area contributed by atoms with E-state index in [1.165, 1.54) is 19.2 Å². The molecule has 2 aromatic rings. The molecule has 10 heteroatoms. The van der Waals surface area contributed by atoms with E-state index in [4.69, 9.17) is 9.88 Å². The largest absolute Gasteiger partial charge is 0.465 e. The lowest BCUT2D eigenvalue weighted by molar-refractivity contribution is -0.117. The molecule has 3 N–H and O–H groups in total. The summed E-state index contributed by atoms with van der Waals surface area (Å²) in [6, 6.07) is 13.4. The molecule has 1 amide bonds. The van der Waals surface area contributed by atoms with Crippen LogP contribution < -0.4 is 15.4 Å². The Hall–Kier alpha value is -2.95. The number of carbonyl (C=O) groups excluding carboxylic acids is 2. The molecule has 0 aliphatic carbocycles. The van der Waals surface area contributed by atoms with E-state index in [-0.39, 0.29) is 22.9 Å². The van der Waals surface area contributed by atoms with E-state index < -0.39 is 16.0 Å². The fourth-order valence-electron chi connectivity index (χ4n) is 3.31. The second-order valence-corrected chi connectivity index (χ2v) is 8.45. The Kier molecular flexibility index (Phi) is 6.70. The van der Waals surface area contributed by atoms with Gasteiger partial charge in [0, 0.05) is 31.9 Å². The molecular weight excluding hydrogens is 408 g/mol. The number of anilines is 2. The molecule has 160 valence electrons. The van der Waals surface area contributed by atoms with Gasteiger partial charge in [-0.25, -0.2) is 18.4 Å². The van der Waals surface area contributed by atoms with Crippen LogP contribution in [0, 0.1) is 0 Å². The van der Waals surface area contributed by atoms with Gasteiger partial charge in [0.05, 0.1) is 29.8 Å². The molecule has 2 aromatic carbocycles. The quantitative estimate of drug-likeness (QED) is 0.650.